The van der Waals surface area contributed by atoms with E-state index < -0.39 is 0 Å². The topological polar surface area (TPSA) is 8.17 Å². The van der Waals surface area contributed by atoms with E-state index in [1.54, 1.807) is 11.1 Å². The molecule has 2 bridgehead atoms. The van der Waals surface area contributed by atoms with Crippen LogP contribution in [0.4, 0.5) is 17.1 Å². The molecule has 1 heterocycles. The Morgan fingerprint density at radius 2 is 1.12 bits per heavy atom. The van der Waals surface area contributed by atoms with Crippen molar-refractivity contribution in [2.24, 2.45) is 29.1 Å². The quantitative estimate of drug-likeness (QED) is 0.170. The van der Waals surface area contributed by atoms with Crippen molar-refractivity contribution in [1.82, 2.24) is 4.57 Å². The monoisotopic (exact) mass is 742 g/mol. The van der Waals surface area contributed by atoms with Crippen LogP contribution in [0.1, 0.15) is 36.8 Å². The molecule has 1 aromatic heterocycles. The predicted octanol–water partition coefficient (Wildman–Crippen LogP) is 14.4. The van der Waals surface area contributed by atoms with E-state index in [9.17, 15) is 0 Å². The largest absolute Gasteiger partial charge is 0.310 e. The van der Waals surface area contributed by atoms with Gasteiger partial charge in [0.2, 0.25) is 0 Å². The van der Waals surface area contributed by atoms with Crippen LogP contribution in [0.3, 0.4) is 0 Å². The summed E-state index contributed by atoms with van der Waals surface area (Å²) in [5, 5.41) is 5.07. The Morgan fingerprint density at radius 3 is 2.00 bits per heavy atom. The first-order valence-electron chi connectivity index (χ1n) is 21.4. The highest BCUT2D eigenvalue weighted by atomic mass is 15.1. The number of anilines is 3. The summed E-state index contributed by atoms with van der Waals surface area (Å²) in [5.41, 5.74) is 16.6. The van der Waals surface area contributed by atoms with E-state index in [1.807, 2.05) is 0 Å². The maximum absolute atomic E-state index is 2.57. The summed E-state index contributed by atoms with van der Waals surface area (Å²) in [6.07, 6.45) is 5.80. The summed E-state index contributed by atoms with van der Waals surface area (Å²) < 4.78 is 2.41. The lowest BCUT2D eigenvalue weighted by molar-refractivity contribution is -0.193. The zero-order chi connectivity index (χ0) is 37.7. The molecule has 0 aliphatic heterocycles. The van der Waals surface area contributed by atoms with Gasteiger partial charge in [-0.25, -0.2) is 0 Å². The van der Waals surface area contributed by atoms with Crippen LogP contribution in [0.2, 0.25) is 0 Å². The summed E-state index contributed by atoms with van der Waals surface area (Å²) in [6, 6.07) is 68.6. The fourth-order valence-corrected chi connectivity index (χ4v) is 13.9. The highest BCUT2D eigenvalue weighted by Gasteiger charge is 2.82. The van der Waals surface area contributed by atoms with Gasteiger partial charge in [0.1, 0.15) is 0 Å². The normalized spacial score (nSPS) is 25.4. The van der Waals surface area contributed by atoms with Crippen molar-refractivity contribution < 1.29 is 0 Å². The fraction of sp³-hybridized carbons (Fsp3) is 0.179. The van der Waals surface area contributed by atoms with Gasteiger partial charge in [-0.05, 0) is 166 Å². The van der Waals surface area contributed by atoms with Crippen LogP contribution in [0.15, 0.2) is 182 Å². The third kappa shape index (κ3) is 3.85. The summed E-state index contributed by atoms with van der Waals surface area (Å²) in [5.74, 6) is 3.54. The third-order valence-corrected chi connectivity index (χ3v) is 16.1. The van der Waals surface area contributed by atoms with Crippen molar-refractivity contribution in [2.75, 3.05) is 4.90 Å². The number of nitrogens with zero attached hydrogens (tertiary/aromatic N) is 2. The van der Waals surface area contributed by atoms with Gasteiger partial charge in [0.25, 0.3) is 0 Å². The minimum Gasteiger partial charge on any atom is -0.310 e. The van der Waals surface area contributed by atoms with Gasteiger partial charge in [0.15, 0.2) is 0 Å². The van der Waals surface area contributed by atoms with Gasteiger partial charge in [0, 0.05) is 38.9 Å². The maximum Gasteiger partial charge on any atom is 0.0542 e. The Kier molecular flexibility index (Phi) is 6.10. The smallest absolute Gasteiger partial charge is 0.0542 e. The van der Waals surface area contributed by atoms with Crippen molar-refractivity contribution in [2.45, 2.75) is 31.1 Å². The van der Waals surface area contributed by atoms with E-state index in [-0.39, 0.29) is 5.41 Å². The zero-order valence-electron chi connectivity index (χ0n) is 32.4. The molecule has 6 atom stereocenters. The molecular weight excluding hydrogens is 701 g/mol. The number of hydrogen-bond acceptors (Lipinski definition) is 1. The second-order valence-corrected chi connectivity index (χ2v) is 18.1. The average Bonchev–Trinajstić information content (AvgIpc) is 3.98. The zero-order valence-corrected chi connectivity index (χ0v) is 32.4. The Morgan fingerprint density at radius 1 is 0.448 bits per heavy atom. The van der Waals surface area contributed by atoms with Gasteiger partial charge in [-0.3, -0.25) is 0 Å². The SMILES string of the molecule is c1ccc(-n2c3ccccc3c3cc(N(c4ccc(-c5ccc6ccccc6c5)cc4)c4ccc5c(c4)-c4ccccc4C54C5CC6CC7C[C@@H]4C67C5)ccc32)cc1. The summed E-state index contributed by atoms with van der Waals surface area (Å²) in [7, 11) is 0. The molecule has 0 saturated heterocycles. The Hall–Kier alpha value is -6.38. The molecule has 4 saturated carbocycles. The molecule has 4 fully saturated rings. The van der Waals surface area contributed by atoms with E-state index in [2.05, 4.69) is 191 Å². The lowest BCUT2D eigenvalue weighted by Crippen LogP contribution is -2.65. The highest BCUT2D eigenvalue weighted by Crippen LogP contribution is 2.88. The van der Waals surface area contributed by atoms with E-state index in [0.29, 0.717) is 5.41 Å². The lowest BCUT2D eigenvalue weighted by atomic mass is 9.34. The van der Waals surface area contributed by atoms with Crippen LogP contribution in [0.5, 0.6) is 0 Å². The molecule has 0 radical (unpaired) electrons. The number of para-hydroxylation sites is 2. The van der Waals surface area contributed by atoms with Gasteiger partial charge in [-0.2, -0.15) is 0 Å². The second kappa shape index (κ2) is 11.2. The van der Waals surface area contributed by atoms with Crippen molar-refractivity contribution in [3.05, 3.63) is 193 Å². The number of fused-ring (bicyclic) bond motifs is 12. The molecule has 5 aliphatic rings. The summed E-state index contributed by atoms with van der Waals surface area (Å²) >= 11 is 0. The molecule has 0 N–H and O–H groups in total. The first-order chi connectivity index (χ1) is 28.7. The van der Waals surface area contributed by atoms with Crippen LogP contribution in [0.25, 0.3) is 60.5 Å². The van der Waals surface area contributed by atoms with Crippen LogP contribution in [-0.4, -0.2) is 4.57 Å². The molecule has 5 unspecified atom stereocenters. The molecule has 9 aromatic rings. The van der Waals surface area contributed by atoms with Crippen LogP contribution >= 0.6 is 0 Å². The average molecular weight is 743 g/mol. The van der Waals surface area contributed by atoms with Gasteiger partial charge in [0.05, 0.1) is 11.0 Å². The maximum atomic E-state index is 2.57. The first kappa shape index (κ1) is 31.7. The molecule has 14 rings (SSSR count). The molecule has 2 heteroatoms. The number of hydrogen-bond donors (Lipinski definition) is 0. The van der Waals surface area contributed by atoms with E-state index in [0.717, 1.165) is 29.4 Å². The Labute approximate surface area is 339 Å². The molecule has 2 nitrogen and oxygen atoms in total. The minimum atomic E-state index is 0.183. The van der Waals surface area contributed by atoms with Crippen molar-refractivity contribution in [1.29, 1.82) is 0 Å². The molecular formula is C56H42N2. The minimum absolute atomic E-state index is 0.183. The van der Waals surface area contributed by atoms with Crippen LogP contribution in [0, 0.1) is 29.1 Å². The second-order valence-electron chi connectivity index (χ2n) is 18.1. The fourth-order valence-electron chi connectivity index (χ4n) is 13.9. The molecule has 58 heavy (non-hydrogen) atoms. The number of aromatic nitrogens is 1. The van der Waals surface area contributed by atoms with E-state index >= 15 is 0 Å². The predicted molar refractivity (Wildman–Crippen MR) is 239 cm³/mol. The van der Waals surface area contributed by atoms with E-state index in [1.165, 1.54) is 97.6 Å². The molecule has 0 amide bonds. The van der Waals surface area contributed by atoms with Gasteiger partial charge < -0.3 is 9.47 Å². The van der Waals surface area contributed by atoms with Gasteiger partial charge >= 0.3 is 0 Å². The van der Waals surface area contributed by atoms with Crippen molar-refractivity contribution >= 4 is 49.6 Å². The standard InChI is InChI=1S/C56H42N2/c1-2-12-42(13-3-1)58-52-17-9-7-15-47(52)49-33-45(25-27-53(49)58)57(43-22-20-36(21-23-43)38-19-18-35-10-4-5-11-37(35)28-38)44-24-26-51-48(32-44)46-14-6-8-16-50(46)56(51)41-30-39-29-40-31-54(56)55(39,40)34-41/h1-28,32-33,39-41,54H,29-31,34H2/t39?,40?,41?,54-,55?,56?/m1/s1. The van der Waals surface area contributed by atoms with Crippen LogP contribution in [-0.2, 0) is 5.41 Å². The Bertz CT molecular complexity index is 3170. The van der Waals surface area contributed by atoms with Crippen molar-refractivity contribution in [3.63, 3.8) is 0 Å². The van der Waals surface area contributed by atoms with Crippen LogP contribution < -0.4 is 4.90 Å². The molecule has 276 valence electrons. The van der Waals surface area contributed by atoms with Gasteiger partial charge in [-0.1, -0.05) is 115 Å². The lowest BCUT2D eigenvalue weighted by Gasteiger charge is -2.70. The molecule has 5 aliphatic carbocycles. The van der Waals surface area contributed by atoms with Crippen molar-refractivity contribution in [3.8, 4) is 27.9 Å². The van der Waals surface area contributed by atoms with E-state index in [4.69, 9.17) is 0 Å². The highest BCUT2D eigenvalue weighted by molar-refractivity contribution is 6.10. The third-order valence-electron chi connectivity index (χ3n) is 16.1. The molecule has 8 aromatic carbocycles. The number of rotatable bonds is 5. The Balaban J connectivity index is 0.955. The molecule has 2 spiro atoms. The number of benzene rings is 8. The van der Waals surface area contributed by atoms with Gasteiger partial charge in [-0.15, -0.1) is 0 Å². The first-order valence-corrected chi connectivity index (χ1v) is 21.4. The summed E-state index contributed by atoms with van der Waals surface area (Å²) in [6.45, 7) is 0. The summed E-state index contributed by atoms with van der Waals surface area (Å²) in [4.78, 5) is 2.51.